The van der Waals surface area contributed by atoms with Crippen molar-refractivity contribution in [2.75, 3.05) is 5.75 Å². The Bertz CT molecular complexity index is 666. The molecule has 1 amide bonds. The SMILES string of the molecule is CCSc1ccccc1C(=O)NCc1cnn2c1CCCC2. The van der Waals surface area contributed by atoms with Gasteiger partial charge in [-0.15, -0.1) is 11.8 Å². The van der Waals surface area contributed by atoms with Crippen molar-refractivity contribution in [2.45, 2.75) is 44.2 Å². The second-order valence-corrected chi connectivity index (χ2v) is 6.71. The molecule has 1 aliphatic rings. The number of aromatic nitrogens is 2. The molecule has 0 radical (unpaired) electrons. The molecule has 1 aliphatic heterocycles. The van der Waals surface area contributed by atoms with Crippen LogP contribution in [0.3, 0.4) is 0 Å². The number of hydrogen-bond acceptors (Lipinski definition) is 3. The molecule has 116 valence electrons. The van der Waals surface area contributed by atoms with E-state index < -0.39 is 0 Å². The molecule has 0 fully saturated rings. The fourth-order valence-electron chi connectivity index (χ4n) is 2.84. The zero-order chi connectivity index (χ0) is 15.4. The van der Waals surface area contributed by atoms with Crippen molar-refractivity contribution in [1.29, 1.82) is 0 Å². The van der Waals surface area contributed by atoms with Crippen LogP contribution in [-0.2, 0) is 19.5 Å². The Morgan fingerprint density at radius 3 is 3.09 bits per heavy atom. The highest BCUT2D eigenvalue weighted by Gasteiger charge is 2.16. The number of benzene rings is 1. The fraction of sp³-hybridized carbons (Fsp3) is 0.412. The first-order valence-corrected chi connectivity index (χ1v) is 8.81. The number of nitrogens with zero attached hydrogens (tertiary/aromatic N) is 2. The van der Waals surface area contributed by atoms with Gasteiger partial charge in [-0.2, -0.15) is 5.10 Å². The zero-order valence-electron chi connectivity index (χ0n) is 12.8. The number of amides is 1. The third-order valence-corrected chi connectivity index (χ3v) is 4.90. The summed E-state index contributed by atoms with van der Waals surface area (Å²) >= 11 is 1.70. The first-order valence-electron chi connectivity index (χ1n) is 7.83. The van der Waals surface area contributed by atoms with Gasteiger partial charge in [-0.1, -0.05) is 19.1 Å². The molecule has 0 saturated heterocycles. The Morgan fingerprint density at radius 2 is 2.23 bits per heavy atom. The molecule has 4 nitrogen and oxygen atoms in total. The lowest BCUT2D eigenvalue weighted by atomic mass is 10.1. The Balaban J connectivity index is 1.69. The van der Waals surface area contributed by atoms with Gasteiger partial charge in [0, 0.05) is 29.2 Å². The van der Waals surface area contributed by atoms with Crippen LogP contribution in [0.5, 0.6) is 0 Å². The summed E-state index contributed by atoms with van der Waals surface area (Å²) in [6.45, 7) is 3.65. The van der Waals surface area contributed by atoms with E-state index in [1.807, 2.05) is 30.5 Å². The quantitative estimate of drug-likeness (QED) is 0.862. The first-order chi connectivity index (χ1) is 10.8. The van der Waals surface area contributed by atoms with E-state index in [4.69, 9.17) is 0 Å². The monoisotopic (exact) mass is 315 g/mol. The summed E-state index contributed by atoms with van der Waals surface area (Å²) in [7, 11) is 0. The Hall–Kier alpha value is -1.75. The zero-order valence-corrected chi connectivity index (χ0v) is 13.7. The molecule has 0 spiro atoms. The Morgan fingerprint density at radius 1 is 1.36 bits per heavy atom. The topological polar surface area (TPSA) is 46.9 Å². The van der Waals surface area contributed by atoms with E-state index in [2.05, 4.69) is 22.0 Å². The molecule has 1 N–H and O–H groups in total. The van der Waals surface area contributed by atoms with Gasteiger partial charge in [0.25, 0.3) is 5.91 Å². The fourth-order valence-corrected chi connectivity index (χ4v) is 3.64. The van der Waals surface area contributed by atoms with Gasteiger partial charge >= 0.3 is 0 Å². The minimum atomic E-state index is -0.00712. The number of aryl methyl sites for hydroxylation is 1. The molecule has 5 heteroatoms. The molecule has 0 saturated carbocycles. The predicted octanol–water partition coefficient (Wildman–Crippen LogP) is 3.26. The van der Waals surface area contributed by atoms with Crippen molar-refractivity contribution in [2.24, 2.45) is 0 Å². The van der Waals surface area contributed by atoms with Gasteiger partial charge in [0.15, 0.2) is 0 Å². The van der Waals surface area contributed by atoms with Crippen LogP contribution in [0.4, 0.5) is 0 Å². The van der Waals surface area contributed by atoms with Crippen LogP contribution < -0.4 is 5.32 Å². The maximum atomic E-state index is 12.5. The molecule has 0 unspecified atom stereocenters. The molecule has 2 aromatic rings. The molecule has 1 aromatic carbocycles. The predicted molar refractivity (Wildman–Crippen MR) is 89.2 cm³/mol. The van der Waals surface area contributed by atoms with Gasteiger partial charge in [-0.3, -0.25) is 9.48 Å². The molecule has 0 aliphatic carbocycles. The van der Waals surface area contributed by atoms with Gasteiger partial charge in [0.05, 0.1) is 11.8 Å². The number of thioether (sulfide) groups is 1. The molecular weight excluding hydrogens is 294 g/mol. The van der Waals surface area contributed by atoms with Crippen LogP contribution in [0.2, 0.25) is 0 Å². The third-order valence-electron chi connectivity index (χ3n) is 3.94. The first kappa shape index (κ1) is 15.2. The standard InChI is InChI=1S/C17H21N3OS/c1-2-22-16-9-4-3-7-14(16)17(21)18-11-13-12-19-20-10-6-5-8-15(13)20/h3-4,7,9,12H,2,5-6,8,10-11H2,1H3,(H,18,21). The van der Waals surface area contributed by atoms with E-state index in [9.17, 15) is 4.79 Å². The lowest BCUT2D eigenvalue weighted by molar-refractivity contribution is 0.0948. The van der Waals surface area contributed by atoms with Crippen molar-refractivity contribution in [3.8, 4) is 0 Å². The van der Waals surface area contributed by atoms with Crippen molar-refractivity contribution < 1.29 is 4.79 Å². The molecule has 22 heavy (non-hydrogen) atoms. The number of fused-ring (bicyclic) bond motifs is 1. The van der Waals surface area contributed by atoms with E-state index in [0.717, 1.165) is 34.7 Å². The highest BCUT2D eigenvalue weighted by atomic mass is 32.2. The van der Waals surface area contributed by atoms with E-state index in [1.165, 1.54) is 18.5 Å². The summed E-state index contributed by atoms with van der Waals surface area (Å²) in [5.41, 5.74) is 3.19. The van der Waals surface area contributed by atoms with E-state index >= 15 is 0 Å². The number of carbonyl (C=O) groups is 1. The smallest absolute Gasteiger partial charge is 0.252 e. The lowest BCUT2D eigenvalue weighted by Crippen LogP contribution is -2.24. The second-order valence-electron chi connectivity index (χ2n) is 5.41. The molecule has 0 bridgehead atoms. The largest absolute Gasteiger partial charge is 0.348 e. The minimum absolute atomic E-state index is 0.00712. The third kappa shape index (κ3) is 3.19. The molecule has 1 aromatic heterocycles. The summed E-state index contributed by atoms with van der Waals surface area (Å²) in [6.07, 6.45) is 5.37. The Kier molecular flexibility index (Phi) is 4.83. The highest BCUT2D eigenvalue weighted by Crippen LogP contribution is 2.22. The summed E-state index contributed by atoms with van der Waals surface area (Å²) in [5.74, 6) is 0.952. The van der Waals surface area contributed by atoms with E-state index in [1.54, 1.807) is 11.8 Å². The van der Waals surface area contributed by atoms with Gasteiger partial charge in [0.1, 0.15) is 0 Å². The maximum Gasteiger partial charge on any atom is 0.252 e. The second kappa shape index (κ2) is 7.01. The van der Waals surface area contributed by atoms with Crippen LogP contribution in [-0.4, -0.2) is 21.4 Å². The van der Waals surface area contributed by atoms with E-state index in [-0.39, 0.29) is 5.91 Å². The normalized spacial score (nSPS) is 13.7. The summed E-state index contributed by atoms with van der Waals surface area (Å²) < 4.78 is 2.08. The van der Waals surface area contributed by atoms with Crippen molar-refractivity contribution in [1.82, 2.24) is 15.1 Å². The van der Waals surface area contributed by atoms with E-state index in [0.29, 0.717) is 6.54 Å². The number of carbonyl (C=O) groups excluding carboxylic acids is 1. The van der Waals surface area contributed by atoms with Gasteiger partial charge in [0.2, 0.25) is 0 Å². The lowest BCUT2D eigenvalue weighted by Gasteiger charge is -2.15. The van der Waals surface area contributed by atoms with Crippen molar-refractivity contribution in [3.63, 3.8) is 0 Å². The van der Waals surface area contributed by atoms with Crippen molar-refractivity contribution in [3.05, 3.63) is 47.3 Å². The van der Waals surface area contributed by atoms with Gasteiger partial charge in [-0.25, -0.2) is 0 Å². The average molecular weight is 315 g/mol. The number of rotatable bonds is 5. The van der Waals surface area contributed by atoms with Crippen molar-refractivity contribution >= 4 is 17.7 Å². The number of hydrogen-bond donors (Lipinski definition) is 1. The van der Waals surface area contributed by atoms with Gasteiger partial charge in [-0.05, 0) is 37.1 Å². The average Bonchev–Trinajstić information content (AvgIpc) is 2.97. The van der Waals surface area contributed by atoms with Crippen LogP contribution in [0, 0.1) is 0 Å². The molecular formula is C17H21N3OS. The van der Waals surface area contributed by atoms with Gasteiger partial charge < -0.3 is 5.32 Å². The van der Waals surface area contributed by atoms with Crippen LogP contribution >= 0.6 is 11.8 Å². The molecule has 3 rings (SSSR count). The highest BCUT2D eigenvalue weighted by molar-refractivity contribution is 7.99. The maximum absolute atomic E-state index is 12.5. The molecule has 0 atom stereocenters. The van der Waals surface area contributed by atoms with Crippen LogP contribution in [0.25, 0.3) is 0 Å². The Labute approximate surface area is 135 Å². The van der Waals surface area contributed by atoms with Crippen LogP contribution in [0.15, 0.2) is 35.4 Å². The summed E-state index contributed by atoms with van der Waals surface area (Å²) in [4.78, 5) is 13.5. The molecule has 2 heterocycles. The summed E-state index contributed by atoms with van der Waals surface area (Å²) in [5, 5.41) is 7.46. The number of nitrogens with one attached hydrogen (secondary N) is 1. The minimum Gasteiger partial charge on any atom is -0.348 e. The van der Waals surface area contributed by atoms with Crippen LogP contribution in [0.1, 0.15) is 41.4 Å². The summed E-state index contributed by atoms with van der Waals surface area (Å²) in [6, 6.07) is 7.78.